The largest absolute Gasteiger partial charge is 0.310 e. The molecule has 62 heavy (non-hydrogen) atoms. The molecule has 0 aliphatic rings. The van der Waals surface area contributed by atoms with Crippen LogP contribution in [-0.4, -0.2) is 17.2 Å². The Bertz CT molecular complexity index is 977. The average molecular weight is 870 g/mol. The van der Waals surface area contributed by atoms with Crippen LogP contribution in [0.3, 0.4) is 0 Å². The summed E-state index contributed by atoms with van der Waals surface area (Å²) >= 11 is 0. The third kappa shape index (κ3) is 38.4. The topological polar surface area (TPSA) is 20.8 Å². The molecule has 3 nitrogen and oxygen atoms in total. The molecule has 1 aromatic rings. The van der Waals surface area contributed by atoms with Gasteiger partial charge in [-0.2, -0.15) is 0 Å². The SMILES string of the molecule is CCCCCCCCCCCCCCCCCCC(CCCCCCCCCCCCCCCCCC)CCCCC(CCC(C)CCCC(C)C)NCCn1cc[n+](C)c1C. The van der Waals surface area contributed by atoms with Crippen molar-refractivity contribution in [2.75, 3.05) is 6.54 Å². The van der Waals surface area contributed by atoms with Gasteiger partial charge in [-0.15, -0.1) is 0 Å². The van der Waals surface area contributed by atoms with Gasteiger partial charge in [0.25, 0.3) is 5.82 Å². The van der Waals surface area contributed by atoms with E-state index in [2.05, 4.69) is 75.4 Å². The minimum absolute atomic E-state index is 0.672. The van der Waals surface area contributed by atoms with Crippen LogP contribution in [0.5, 0.6) is 0 Å². The molecule has 0 bridgehead atoms. The number of unbranched alkanes of at least 4 members (excludes halogenated alkanes) is 31. The van der Waals surface area contributed by atoms with Crippen molar-refractivity contribution in [3.8, 4) is 0 Å². The van der Waals surface area contributed by atoms with Crippen molar-refractivity contribution in [3.05, 3.63) is 18.2 Å². The van der Waals surface area contributed by atoms with Crippen molar-refractivity contribution in [2.45, 2.75) is 330 Å². The Morgan fingerprint density at radius 1 is 0.435 bits per heavy atom. The zero-order valence-corrected chi connectivity index (χ0v) is 44.2. The third-order valence-corrected chi connectivity index (χ3v) is 15.0. The Labute approximate surface area is 392 Å². The normalized spacial score (nSPS) is 13.0. The molecule has 2 unspecified atom stereocenters. The lowest BCUT2D eigenvalue weighted by Crippen LogP contribution is -2.34. The molecule has 1 heterocycles. The lowest BCUT2D eigenvalue weighted by molar-refractivity contribution is -0.677. The summed E-state index contributed by atoms with van der Waals surface area (Å²) in [6.07, 6.45) is 67.1. The minimum atomic E-state index is 0.672. The number of aryl methyl sites for hydroxylation is 1. The maximum absolute atomic E-state index is 4.06. The molecule has 368 valence electrons. The second kappa shape index (κ2) is 45.3. The van der Waals surface area contributed by atoms with Crippen LogP contribution in [0.1, 0.15) is 317 Å². The first kappa shape index (κ1) is 59.2. The molecule has 2 atom stereocenters. The van der Waals surface area contributed by atoms with Crippen molar-refractivity contribution in [3.63, 3.8) is 0 Å². The molecular weight excluding hydrogens is 751 g/mol. The van der Waals surface area contributed by atoms with Gasteiger partial charge >= 0.3 is 0 Å². The monoisotopic (exact) mass is 869 g/mol. The molecule has 0 saturated heterocycles. The maximum Gasteiger partial charge on any atom is 0.253 e. The maximum atomic E-state index is 4.06. The van der Waals surface area contributed by atoms with Crippen LogP contribution in [-0.2, 0) is 13.6 Å². The van der Waals surface area contributed by atoms with Crippen molar-refractivity contribution in [1.29, 1.82) is 0 Å². The molecule has 0 fully saturated rings. The predicted molar refractivity (Wildman–Crippen MR) is 280 cm³/mol. The van der Waals surface area contributed by atoms with E-state index in [0.717, 1.165) is 30.8 Å². The minimum Gasteiger partial charge on any atom is -0.310 e. The summed E-state index contributed by atoms with van der Waals surface area (Å²) < 4.78 is 4.66. The number of nitrogens with one attached hydrogen (secondary N) is 1. The summed E-state index contributed by atoms with van der Waals surface area (Å²) in [4.78, 5) is 0. The molecule has 1 aromatic heterocycles. The van der Waals surface area contributed by atoms with E-state index in [1.54, 1.807) is 0 Å². The van der Waals surface area contributed by atoms with Gasteiger partial charge in [0.2, 0.25) is 0 Å². The van der Waals surface area contributed by atoms with Crippen molar-refractivity contribution in [1.82, 2.24) is 9.88 Å². The molecule has 0 spiro atoms. The van der Waals surface area contributed by atoms with Crippen LogP contribution < -0.4 is 9.88 Å². The first-order valence-electron chi connectivity index (χ1n) is 29.1. The number of aromatic nitrogens is 2. The van der Waals surface area contributed by atoms with E-state index in [4.69, 9.17) is 0 Å². The summed E-state index contributed by atoms with van der Waals surface area (Å²) in [6.45, 7) is 16.3. The molecule has 0 saturated carbocycles. The average Bonchev–Trinajstić information content (AvgIpc) is 3.58. The molecular formula is C59H118N3+. The highest BCUT2D eigenvalue weighted by Crippen LogP contribution is 2.26. The zero-order chi connectivity index (χ0) is 45.0. The van der Waals surface area contributed by atoms with Gasteiger partial charge in [-0.05, 0) is 37.0 Å². The lowest BCUT2D eigenvalue weighted by Gasteiger charge is -2.22. The highest BCUT2D eigenvalue weighted by atomic mass is 15.1. The van der Waals surface area contributed by atoms with E-state index in [1.165, 1.54) is 282 Å². The Balaban J connectivity index is 2.43. The molecule has 0 aromatic carbocycles. The molecule has 0 aliphatic heterocycles. The fourth-order valence-corrected chi connectivity index (χ4v) is 10.3. The number of rotatable bonds is 50. The van der Waals surface area contributed by atoms with Crippen molar-refractivity contribution in [2.24, 2.45) is 24.8 Å². The molecule has 1 N–H and O–H groups in total. The molecule has 0 amide bonds. The Morgan fingerprint density at radius 3 is 1.18 bits per heavy atom. The Kier molecular flexibility index (Phi) is 43.3. The summed E-state index contributed by atoms with van der Waals surface area (Å²) in [5.74, 6) is 4.01. The highest BCUT2D eigenvalue weighted by molar-refractivity contribution is 4.80. The van der Waals surface area contributed by atoms with Gasteiger partial charge in [-0.3, -0.25) is 0 Å². The standard InChI is InChI=1S/C59H118N3/c1-8-10-12-14-16-18-20-22-24-26-28-30-32-34-36-38-45-58(46-39-37-35-33-31-29-27-25-23-21-19-17-15-13-11-9-2)47-40-41-48-59(50-49-56(5)44-42-43-55(3)4)60-51-52-62-54-53-61(7)57(62)6/h53-56,58-60H,8-52H2,1-7H3/q+1. The smallest absolute Gasteiger partial charge is 0.253 e. The molecule has 0 aliphatic carbocycles. The van der Waals surface area contributed by atoms with Crippen LogP contribution in [0, 0.1) is 24.7 Å². The number of imidazole rings is 1. The zero-order valence-electron chi connectivity index (χ0n) is 44.2. The second-order valence-electron chi connectivity index (χ2n) is 21.6. The fraction of sp³-hybridized carbons (Fsp3) is 0.949. The van der Waals surface area contributed by atoms with Gasteiger partial charge in [-0.25, -0.2) is 9.13 Å². The first-order valence-corrected chi connectivity index (χ1v) is 29.1. The summed E-state index contributed by atoms with van der Waals surface area (Å²) in [5, 5.41) is 4.06. The van der Waals surface area contributed by atoms with Gasteiger partial charge in [0.05, 0.1) is 7.05 Å². The molecule has 3 heteroatoms. The Morgan fingerprint density at radius 2 is 0.806 bits per heavy atom. The van der Waals surface area contributed by atoms with Gasteiger partial charge in [0, 0.05) is 19.5 Å². The van der Waals surface area contributed by atoms with E-state index in [1.807, 2.05) is 0 Å². The van der Waals surface area contributed by atoms with E-state index in [-0.39, 0.29) is 0 Å². The van der Waals surface area contributed by atoms with Gasteiger partial charge in [0.1, 0.15) is 18.9 Å². The Hall–Kier alpha value is -0.830. The van der Waals surface area contributed by atoms with Crippen molar-refractivity contribution < 1.29 is 4.57 Å². The van der Waals surface area contributed by atoms with E-state index in [0.29, 0.717) is 6.04 Å². The van der Waals surface area contributed by atoms with Crippen LogP contribution in [0.25, 0.3) is 0 Å². The summed E-state index contributed by atoms with van der Waals surface area (Å²) in [6, 6.07) is 0.672. The number of nitrogens with zero attached hydrogens (tertiary/aromatic N) is 2. The van der Waals surface area contributed by atoms with Gasteiger partial charge < -0.3 is 5.32 Å². The molecule has 0 radical (unpaired) electrons. The van der Waals surface area contributed by atoms with Crippen molar-refractivity contribution >= 4 is 0 Å². The number of hydrogen-bond donors (Lipinski definition) is 1. The quantitative estimate of drug-likeness (QED) is 0.0511. The summed E-state index contributed by atoms with van der Waals surface area (Å²) in [7, 11) is 2.16. The van der Waals surface area contributed by atoms with Gasteiger partial charge in [-0.1, -0.05) is 291 Å². The van der Waals surface area contributed by atoms with E-state index in [9.17, 15) is 0 Å². The van der Waals surface area contributed by atoms with E-state index >= 15 is 0 Å². The van der Waals surface area contributed by atoms with Crippen LogP contribution >= 0.6 is 0 Å². The first-order chi connectivity index (χ1) is 30.4. The molecule has 1 rings (SSSR count). The summed E-state index contributed by atoms with van der Waals surface area (Å²) in [5.41, 5.74) is 0. The third-order valence-electron chi connectivity index (χ3n) is 15.0. The highest BCUT2D eigenvalue weighted by Gasteiger charge is 2.15. The van der Waals surface area contributed by atoms with E-state index < -0.39 is 0 Å². The number of hydrogen-bond acceptors (Lipinski definition) is 1. The fourth-order valence-electron chi connectivity index (χ4n) is 10.3. The van der Waals surface area contributed by atoms with Crippen LogP contribution in [0.2, 0.25) is 0 Å². The predicted octanol–water partition coefficient (Wildman–Crippen LogP) is 19.3. The van der Waals surface area contributed by atoms with Crippen LogP contribution in [0.15, 0.2) is 12.4 Å². The second-order valence-corrected chi connectivity index (χ2v) is 21.6. The van der Waals surface area contributed by atoms with Gasteiger partial charge in [0.15, 0.2) is 0 Å². The lowest BCUT2D eigenvalue weighted by atomic mass is 9.88. The van der Waals surface area contributed by atoms with Crippen LogP contribution in [0.4, 0.5) is 0 Å².